The van der Waals surface area contributed by atoms with Crippen LogP contribution in [0.4, 0.5) is 5.69 Å². The zero-order valence-electron chi connectivity index (χ0n) is 15.3. The maximum Gasteiger partial charge on any atom is 0.0649 e. The van der Waals surface area contributed by atoms with E-state index in [4.69, 9.17) is 9.98 Å². The van der Waals surface area contributed by atoms with E-state index in [0.717, 1.165) is 37.1 Å². The van der Waals surface area contributed by atoms with Gasteiger partial charge in [0.2, 0.25) is 0 Å². The Morgan fingerprint density at radius 3 is 2.50 bits per heavy atom. The molecule has 0 amide bonds. The zero-order chi connectivity index (χ0) is 17.2. The largest absolute Gasteiger partial charge is 0.278 e. The van der Waals surface area contributed by atoms with Crippen LogP contribution in [0.1, 0.15) is 53.4 Å². The first-order valence-corrected chi connectivity index (χ1v) is 9.25. The second kappa shape index (κ2) is 6.88. The summed E-state index contributed by atoms with van der Waals surface area (Å²) in [5.41, 5.74) is 6.13. The molecule has 2 heteroatoms. The third-order valence-electron chi connectivity index (χ3n) is 5.36. The van der Waals surface area contributed by atoms with Gasteiger partial charge in [-0.1, -0.05) is 39.0 Å². The van der Waals surface area contributed by atoms with Crippen LogP contribution in [0.5, 0.6) is 0 Å². The molecule has 0 radical (unpaired) electrons. The third-order valence-corrected chi connectivity index (χ3v) is 5.36. The smallest absolute Gasteiger partial charge is 0.0649 e. The van der Waals surface area contributed by atoms with Crippen LogP contribution < -0.4 is 0 Å². The van der Waals surface area contributed by atoms with E-state index in [-0.39, 0.29) is 5.54 Å². The van der Waals surface area contributed by atoms with E-state index in [1.165, 1.54) is 16.9 Å². The van der Waals surface area contributed by atoms with Gasteiger partial charge in [-0.3, -0.25) is 4.99 Å². The molecule has 0 saturated heterocycles. The molecule has 0 saturated carbocycles. The van der Waals surface area contributed by atoms with Gasteiger partial charge in [-0.25, -0.2) is 4.99 Å². The Morgan fingerprint density at radius 1 is 1.12 bits per heavy atom. The highest BCUT2D eigenvalue weighted by molar-refractivity contribution is 6.25. The second-order valence-corrected chi connectivity index (χ2v) is 7.12. The van der Waals surface area contributed by atoms with E-state index in [9.17, 15) is 0 Å². The highest BCUT2D eigenvalue weighted by Crippen LogP contribution is 2.40. The fourth-order valence-corrected chi connectivity index (χ4v) is 3.68. The van der Waals surface area contributed by atoms with Gasteiger partial charge in [0.25, 0.3) is 0 Å². The van der Waals surface area contributed by atoms with Crippen molar-refractivity contribution in [2.45, 2.75) is 58.9 Å². The minimum atomic E-state index is 0.0791. The summed E-state index contributed by atoms with van der Waals surface area (Å²) in [5, 5.41) is 0. The number of allylic oxidation sites excluding steroid dienone is 4. The van der Waals surface area contributed by atoms with Crippen molar-refractivity contribution in [1.82, 2.24) is 0 Å². The van der Waals surface area contributed by atoms with Crippen LogP contribution in [-0.4, -0.2) is 17.0 Å². The minimum Gasteiger partial charge on any atom is -0.278 e. The van der Waals surface area contributed by atoms with Crippen molar-refractivity contribution in [2.24, 2.45) is 15.9 Å². The molecule has 0 fully saturated rings. The van der Waals surface area contributed by atoms with Gasteiger partial charge in [0.05, 0.1) is 22.6 Å². The number of hydrogen-bond acceptors (Lipinski definition) is 2. The van der Waals surface area contributed by atoms with E-state index in [1.54, 1.807) is 0 Å². The van der Waals surface area contributed by atoms with Gasteiger partial charge >= 0.3 is 0 Å². The standard InChI is InChI=1S/C22H28N2/c1-5-16-13-19(23-18-11-9-8-10-12-18)14-20-17(6-2)15-22(4,7-3)24-21(16)20/h8-14,17H,5-7,15H2,1-4H3. The number of fused-ring (bicyclic) bond motifs is 1. The molecule has 24 heavy (non-hydrogen) atoms. The predicted octanol–water partition coefficient (Wildman–Crippen LogP) is 6.08. The summed E-state index contributed by atoms with van der Waals surface area (Å²) >= 11 is 0. The normalized spacial score (nSPS) is 28.1. The molecule has 3 rings (SSSR count). The maximum atomic E-state index is 5.17. The van der Waals surface area contributed by atoms with Crippen molar-refractivity contribution in [3.63, 3.8) is 0 Å². The highest BCUT2D eigenvalue weighted by Gasteiger charge is 2.36. The molecule has 1 aromatic rings. The second-order valence-electron chi connectivity index (χ2n) is 7.12. The fourth-order valence-electron chi connectivity index (χ4n) is 3.68. The Labute approximate surface area is 146 Å². The average molecular weight is 320 g/mol. The third kappa shape index (κ3) is 3.28. The molecular weight excluding hydrogens is 292 g/mol. The molecule has 0 aromatic heterocycles. The molecule has 2 unspecified atom stereocenters. The molecule has 2 atom stereocenters. The Balaban J connectivity index is 2.07. The lowest BCUT2D eigenvalue weighted by molar-refractivity contribution is 0.344. The summed E-state index contributed by atoms with van der Waals surface area (Å²) in [6.07, 6.45) is 8.90. The molecule has 2 nitrogen and oxygen atoms in total. The summed E-state index contributed by atoms with van der Waals surface area (Å²) in [7, 11) is 0. The highest BCUT2D eigenvalue weighted by atomic mass is 14.9. The summed E-state index contributed by atoms with van der Waals surface area (Å²) in [4.78, 5) is 10.0. The SMILES string of the molecule is CCC1=CC(=Nc2ccccc2)C=C2C1=NC(C)(CC)CC2CC. The van der Waals surface area contributed by atoms with Crippen LogP contribution in [0.25, 0.3) is 0 Å². The lowest BCUT2D eigenvalue weighted by Gasteiger charge is -2.38. The molecule has 1 heterocycles. The number of rotatable bonds is 4. The summed E-state index contributed by atoms with van der Waals surface area (Å²) in [5.74, 6) is 0.582. The van der Waals surface area contributed by atoms with E-state index in [2.05, 4.69) is 52.0 Å². The Morgan fingerprint density at radius 2 is 1.88 bits per heavy atom. The Kier molecular flexibility index (Phi) is 4.84. The first-order valence-electron chi connectivity index (χ1n) is 9.25. The van der Waals surface area contributed by atoms with Gasteiger partial charge in [-0.2, -0.15) is 0 Å². The van der Waals surface area contributed by atoms with Crippen molar-refractivity contribution >= 4 is 17.1 Å². The van der Waals surface area contributed by atoms with E-state index < -0.39 is 0 Å². The van der Waals surface area contributed by atoms with Gasteiger partial charge in [0, 0.05) is 0 Å². The van der Waals surface area contributed by atoms with Gasteiger partial charge in [0.1, 0.15) is 0 Å². The maximum absolute atomic E-state index is 5.17. The number of hydrogen-bond donors (Lipinski definition) is 0. The molecule has 2 aliphatic rings. The predicted molar refractivity (Wildman–Crippen MR) is 105 cm³/mol. The summed E-state index contributed by atoms with van der Waals surface area (Å²) in [6.45, 7) is 9.07. The van der Waals surface area contributed by atoms with Gasteiger partial charge in [0.15, 0.2) is 0 Å². The zero-order valence-corrected chi connectivity index (χ0v) is 15.3. The van der Waals surface area contributed by atoms with Crippen molar-refractivity contribution < 1.29 is 0 Å². The number of para-hydroxylation sites is 1. The van der Waals surface area contributed by atoms with Crippen molar-refractivity contribution in [2.75, 3.05) is 0 Å². The topological polar surface area (TPSA) is 24.7 Å². The quantitative estimate of drug-likeness (QED) is 0.601. The van der Waals surface area contributed by atoms with Crippen LogP contribution in [0.2, 0.25) is 0 Å². The molecule has 1 aliphatic heterocycles. The van der Waals surface area contributed by atoms with Gasteiger partial charge in [-0.05, 0) is 74.0 Å². The van der Waals surface area contributed by atoms with Crippen LogP contribution >= 0.6 is 0 Å². The molecule has 0 spiro atoms. The van der Waals surface area contributed by atoms with Crippen LogP contribution in [-0.2, 0) is 0 Å². The van der Waals surface area contributed by atoms with Crippen LogP contribution in [0.15, 0.2) is 63.6 Å². The molecular formula is C22H28N2. The van der Waals surface area contributed by atoms with Crippen molar-refractivity contribution in [3.8, 4) is 0 Å². The molecule has 1 aliphatic carbocycles. The monoisotopic (exact) mass is 320 g/mol. The average Bonchev–Trinajstić information content (AvgIpc) is 2.61. The van der Waals surface area contributed by atoms with Crippen molar-refractivity contribution in [3.05, 3.63) is 53.6 Å². The molecule has 1 aromatic carbocycles. The Hall–Kier alpha value is -1.96. The van der Waals surface area contributed by atoms with E-state index in [0.29, 0.717) is 5.92 Å². The van der Waals surface area contributed by atoms with Crippen LogP contribution in [0, 0.1) is 5.92 Å². The lowest BCUT2D eigenvalue weighted by Crippen LogP contribution is -2.36. The van der Waals surface area contributed by atoms with Gasteiger partial charge < -0.3 is 0 Å². The number of benzene rings is 1. The fraction of sp³-hybridized carbons (Fsp3) is 0.455. The van der Waals surface area contributed by atoms with Gasteiger partial charge in [-0.15, -0.1) is 0 Å². The number of nitrogens with zero attached hydrogens (tertiary/aromatic N) is 2. The summed E-state index contributed by atoms with van der Waals surface area (Å²) < 4.78 is 0. The Bertz CT molecular complexity index is 722. The molecule has 0 bridgehead atoms. The van der Waals surface area contributed by atoms with E-state index >= 15 is 0 Å². The van der Waals surface area contributed by atoms with E-state index in [1.807, 2.05) is 18.2 Å². The lowest BCUT2D eigenvalue weighted by atomic mass is 9.73. The molecule has 0 N–H and O–H groups in total. The summed E-state index contributed by atoms with van der Waals surface area (Å²) in [6, 6.07) is 10.2. The van der Waals surface area contributed by atoms with Crippen molar-refractivity contribution in [1.29, 1.82) is 0 Å². The first-order chi connectivity index (χ1) is 11.6. The minimum absolute atomic E-state index is 0.0791. The number of aliphatic imine (C=N–C) groups is 2. The van der Waals surface area contributed by atoms with Crippen LogP contribution in [0.3, 0.4) is 0 Å². The first kappa shape index (κ1) is 16.9. The molecule has 126 valence electrons.